The molecule has 6 atom stereocenters. The second-order valence-corrected chi connectivity index (χ2v) is 9.05. The number of Topliss-reactive ketones (excluding diaryl/α,β-unsaturated/α-hetero) is 1. The molecule has 6 heteroatoms. The number of para-hydroxylation sites is 1. The molecule has 4 aliphatic carbocycles. The van der Waals surface area contributed by atoms with E-state index in [-0.39, 0.29) is 52.5 Å². The molecule has 32 heavy (non-hydrogen) atoms. The van der Waals surface area contributed by atoms with Crippen molar-refractivity contribution in [3.63, 3.8) is 0 Å². The zero-order chi connectivity index (χ0) is 22.0. The first-order chi connectivity index (χ1) is 15.6. The van der Waals surface area contributed by atoms with Crippen LogP contribution in [0.4, 0.5) is 5.69 Å². The van der Waals surface area contributed by atoms with Crippen LogP contribution in [0.5, 0.6) is 0 Å². The van der Waals surface area contributed by atoms with Crippen molar-refractivity contribution in [2.45, 2.75) is 6.42 Å². The van der Waals surface area contributed by atoms with Gasteiger partial charge in [-0.15, -0.1) is 0 Å². The molecule has 1 saturated heterocycles. The third-order valence-corrected chi connectivity index (χ3v) is 7.46. The maximum absolute atomic E-state index is 13.4. The summed E-state index contributed by atoms with van der Waals surface area (Å²) in [6.07, 6.45) is 5.32. The number of carbonyl (C=O) groups excluding carboxylic acids is 4. The van der Waals surface area contributed by atoms with Crippen LogP contribution < -0.4 is 4.90 Å². The second-order valence-electron chi connectivity index (χ2n) is 9.05. The fourth-order valence-corrected chi connectivity index (χ4v) is 5.95. The second kappa shape index (κ2) is 6.99. The van der Waals surface area contributed by atoms with E-state index in [1.807, 2.05) is 0 Å². The smallest absolute Gasteiger partial charge is 0.340 e. The minimum absolute atomic E-state index is 0.110. The molecule has 2 bridgehead atoms. The van der Waals surface area contributed by atoms with Gasteiger partial charge in [-0.3, -0.25) is 14.4 Å². The van der Waals surface area contributed by atoms with Gasteiger partial charge in [0.15, 0.2) is 12.4 Å². The van der Waals surface area contributed by atoms with E-state index < -0.39 is 12.6 Å². The van der Waals surface area contributed by atoms with Crippen molar-refractivity contribution in [3.05, 3.63) is 77.9 Å². The largest absolute Gasteiger partial charge is 0.454 e. The number of anilines is 1. The van der Waals surface area contributed by atoms with Crippen molar-refractivity contribution >= 4 is 29.3 Å². The highest BCUT2D eigenvalue weighted by molar-refractivity contribution is 6.24. The molecule has 2 aromatic carbocycles. The van der Waals surface area contributed by atoms with Crippen LogP contribution >= 0.6 is 0 Å². The van der Waals surface area contributed by atoms with E-state index in [4.69, 9.17) is 4.74 Å². The maximum atomic E-state index is 13.4. The highest BCUT2D eigenvalue weighted by Crippen LogP contribution is 2.65. The van der Waals surface area contributed by atoms with Gasteiger partial charge in [0.05, 0.1) is 23.1 Å². The predicted octanol–water partition coefficient (Wildman–Crippen LogP) is 3.28. The number of ketones is 1. The third kappa shape index (κ3) is 2.72. The number of rotatable bonds is 5. The third-order valence-electron chi connectivity index (χ3n) is 7.46. The number of benzene rings is 2. The summed E-state index contributed by atoms with van der Waals surface area (Å²) < 4.78 is 5.26. The first-order valence-electron chi connectivity index (χ1n) is 11.0. The fourth-order valence-electron chi connectivity index (χ4n) is 5.95. The van der Waals surface area contributed by atoms with Gasteiger partial charge in [-0.25, -0.2) is 9.69 Å². The summed E-state index contributed by atoms with van der Waals surface area (Å²) in [6, 6.07) is 15.0. The van der Waals surface area contributed by atoms with Gasteiger partial charge in [-0.05, 0) is 42.2 Å². The fraction of sp³-hybridized carbons (Fsp3) is 0.308. The van der Waals surface area contributed by atoms with Crippen molar-refractivity contribution in [1.82, 2.24) is 0 Å². The number of allylic oxidation sites excluding steroid dienone is 2. The minimum atomic E-state index is -0.732. The van der Waals surface area contributed by atoms with Gasteiger partial charge in [0.2, 0.25) is 11.8 Å². The lowest BCUT2D eigenvalue weighted by Gasteiger charge is -2.37. The number of amides is 2. The van der Waals surface area contributed by atoms with Crippen LogP contribution in [0.15, 0.2) is 66.7 Å². The quantitative estimate of drug-likeness (QED) is 0.317. The van der Waals surface area contributed by atoms with Crippen LogP contribution in [-0.2, 0) is 14.3 Å². The van der Waals surface area contributed by atoms with Crippen LogP contribution in [0.3, 0.4) is 0 Å². The lowest BCUT2D eigenvalue weighted by molar-refractivity contribution is -0.124. The van der Waals surface area contributed by atoms with Gasteiger partial charge in [0, 0.05) is 5.56 Å². The van der Waals surface area contributed by atoms with Crippen LogP contribution in [0.25, 0.3) is 0 Å². The molecular weight excluding hydrogens is 406 g/mol. The van der Waals surface area contributed by atoms with Crippen LogP contribution in [0.2, 0.25) is 0 Å². The molecule has 3 fully saturated rings. The summed E-state index contributed by atoms with van der Waals surface area (Å²) in [6.45, 7) is -0.415. The van der Waals surface area contributed by atoms with E-state index in [9.17, 15) is 19.2 Å². The average molecular weight is 427 g/mol. The molecule has 6 nitrogen and oxygen atoms in total. The molecule has 5 aliphatic rings. The van der Waals surface area contributed by atoms with E-state index in [1.54, 1.807) is 48.5 Å². The first-order valence-corrected chi connectivity index (χ1v) is 11.0. The standard InChI is InChI=1S/C26H21NO5/c28-21(14-6-2-1-3-7-14)13-32-26(31)17-8-4-5-9-20(17)27-24(29)22-15-10-11-16(19-12-18(15)19)23(22)25(27)30/h1-11,15-16,18-19,22-23H,12-13H2. The topological polar surface area (TPSA) is 80.8 Å². The average Bonchev–Trinajstić information content (AvgIpc) is 3.61. The number of imide groups is 1. The summed E-state index contributed by atoms with van der Waals surface area (Å²) in [4.78, 5) is 53.1. The van der Waals surface area contributed by atoms with Crippen LogP contribution in [0, 0.1) is 35.5 Å². The lowest BCUT2D eigenvalue weighted by atomic mass is 9.63. The Balaban J connectivity index is 1.25. The molecule has 160 valence electrons. The summed E-state index contributed by atoms with van der Waals surface area (Å²) in [5.41, 5.74) is 0.797. The molecule has 0 aromatic heterocycles. The zero-order valence-corrected chi connectivity index (χ0v) is 17.2. The van der Waals surface area contributed by atoms with Crippen molar-refractivity contribution < 1.29 is 23.9 Å². The molecule has 2 aromatic rings. The Morgan fingerprint density at radius 1 is 0.844 bits per heavy atom. The molecule has 2 amide bonds. The molecular formula is C26H21NO5. The van der Waals surface area contributed by atoms with E-state index in [0.717, 1.165) is 6.42 Å². The Morgan fingerprint density at radius 2 is 1.44 bits per heavy atom. The van der Waals surface area contributed by atoms with Gasteiger partial charge in [0.1, 0.15) is 0 Å². The highest BCUT2D eigenvalue weighted by Gasteiger charge is 2.67. The normalized spacial score (nSPS) is 31.3. The van der Waals surface area contributed by atoms with Crippen molar-refractivity contribution in [3.8, 4) is 0 Å². The molecule has 0 spiro atoms. The monoisotopic (exact) mass is 427 g/mol. The number of carbonyl (C=O) groups is 4. The first kappa shape index (κ1) is 19.2. The molecule has 7 rings (SSSR count). The molecule has 6 unspecified atom stereocenters. The molecule has 1 aliphatic heterocycles. The molecule has 0 radical (unpaired) electrons. The Bertz CT molecular complexity index is 1150. The summed E-state index contributed by atoms with van der Waals surface area (Å²) >= 11 is 0. The number of nitrogens with zero attached hydrogens (tertiary/aromatic N) is 1. The van der Waals surface area contributed by atoms with E-state index in [1.165, 1.54) is 11.0 Å². The predicted molar refractivity (Wildman–Crippen MR) is 115 cm³/mol. The number of hydrogen-bond acceptors (Lipinski definition) is 5. The lowest BCUT2D eigenvalue weighted by Crippen LogP contribution is -2.40. The number of esters is 1. The number of hydrogen-bond donors (Lipinski definition) is 0. The van der Waals surface area contributed by atoms with Gasteiger partial charge < -0.3 is 4.74 Å². The summed E-state index contributed by atoms with van der Waals surface area (Å²) in [5, 5.41) is 0. The highest BCUT2D eigenvalue weighted by atomic mass is 16.5. The SMILES string of the molecule is O=C(COC(=O)c1ccccc1N1C(=O)C2C3C=CC(C4CC34)C2C1=O)c1ccccc1. The van der Waals surface area contributed by atoms with Gasteiger partial charge >= 0.3 is 5.97 Å². The Labute approximate surface area is 184 Å². The zero-order valence-electron chi connectivity index (χ0n) is 17.2. The van der Waals surface area contributed by atoms with Gasteiger partial charge in [0.25, 0.3) is 0 Å². The minimum Gasteiger partial charge on any atom is -0.454 e. The molecule has 2 saturated carbocycles. The van der Waals surface area contributed by atoms with Crippen LogP contribution in [-0.4, -0.2) is 30.2 Å². The van der Waals surface area contributed by atoms with Crippen molar-refractivity contribution in [2.75, 3.05) is 11.5 Å². The van der Waals surface area contributed by atoms with Gasteiger partial charge in [-0.2, -0.15) is 0 Å². The Hall–Kier alpha value is -3.54. The maximum Gasteiger partial charge on any atom is 0.340 e. The Morgan fingerprint density at radius 3 is 2.09 bits per heavy atom. The van der Waals surface area contributed by atoms with E-state index in [2.05, 4.69) is 12.2 Å². The summed E-state index contributed by atoms with van der Waals surface area (Å²) in [7, 11) is 0. The number of ether oxygens (including phenoxy) is 1. The van der Waals surface area contributed by atoms with E-state index >= 15 is 0 Å². The molecule has 0 N–H and O–H groups in total. The van der Waals surface area contributed by atoms with Gasteiger partial charge in [-0.1, -0.05) is 54.6 Å². The summed E-state index contributed by atoms with van der Waals surface area (Å²) in [5.74, 6) is -0.968. The molecule has 1 heterocycles. The van der Waals surface area contributed by atoms with Crippen molar-refractivity contribution in [2.24, 2.45) is 35.5 Å². The van der Waals surface area contributed by atoms with E-state index in [0.29, 0.717) is 17.4 Å². The Kier molecular flexibility index (Phi) is 4.18. The van der Waals surface area contributed by atoms with Crippen molar-refractivity contribution in [1.29, 1.82) is 0 Å². The van der Waals surface area contributed by atoms with Crippen LogP contribution in [0.1, 0.15) is 27.1 Å².